The lowest BCUT2D eigenvalue weighted by Crippen LogP contribution is -2.41. The first-order valence-corrected chi connectivity index (χ1v) is 9.80. The van der Waals surface area contributed by atoms with E-state index in [1.165, 1.54) is 36.8 Å². The zero-order chi connectivity index (χ0) is 22.6. The van der Waals surface area contributed by atoms with Gasteiger partial charge in [-0.3, -0.25) is 14.4 Å². The molecule has 0 radical (unpaired) electrons. The van der Waals surface area contributed by atoms with Gasteiger partial charge in [-0.1, -0.05) is 66.2 Å². The summed E-state index contributed by atoms with van der Waals surface area (Å²) in [5.74, 6) is -1.06. The van der Waals surface area contributed by atoms with Crippen molar-refractivity contribution >= 4 is 17.6 Å². The zero-order valence-electron chi connectivity index (χ0n) is 17.5. The molecule has 3 aromatic carbocycles. The number of amides is 2. The fourth-order valence-corrected chi connectivity index (χ4v) is 2.62. The molecule has 1 atom stereocenters. The van der Waals surface area contributed by atoms with Crippen LogP contribution in [0.4, 0.5) is 0 Å². The van der Waals surface area contributed by atoms with Gasteiger partial charge in [-0.05, 0) is 43.7 Å². The highest BCUT2D eigenvalue weighted by Crippen LogP contribution is 2.15. The van der Waals surface area contributed by atoms with Crippen molar-refractivity contribution in [3.63, 3.8) is 0 Å². The Morgan fingerprint density at radius 3 is 1.87 bits per heavy atom. The molecule has 0 fully saturated rings. The molecule has 2 amide bonds. The molecule has 3 aromatic rings. The van der Waals surface area contributed by atoms with Crippen molar-refractivity contribution in [3.05, 3.63) is 102 Å². The summed E-state index contributed by atoms with van der Waals surface area (Å²) < 4.78 is 0. The SMILES string of the molecule is CC(=O)CNC(=O)C(NC(=O)c1ccc(O)cc1)c1ccccc1.Cc1ccccc1. The predicted octanol–water partition coefficient (Wildman–Crippen LogP) is 3.56. The third-order valence-corrected chi connectivity index (χ3v) is 4.25. The van der Waals surface area contributed by atoms with E-state index in [4.69, 9.17) is 0 Å². The minimum absolute atomic E-state index is 0.0466. The van der Waals surface area contributed by atoms with Gasteiger partial charge in [0, 0.05) is 5.56 Å². The number of ketones is 1. The minimum Gasteiger partial charge on any atom is -0.508 e. The van der Waals surface area contributed by atoms with Crippen molar-refractivity contribution in [2.24, 2.45) is 0 Å². The summed E-state index contributed by atoms with van der Waals surface area (Å²) >= 11 is 0. The number of aromatic hydroxyl groups is 1. The molecule has 6 nitrogen and oxygen atoms in total. The van der Waals surface area contributed by atoms with Gasteiger partial charge in [0.05, 0.1) is 6.54 Å². The van der Waals surface area contributed by atoms with Gasteiger partial charge in [-0.15, -0.1) is 0 Å². The highest BCUT2D eigenvalue weighted by Gasteiger charge is 2.23. The number of Topliss-reactive ketones (excluding diaryl/α,β-unsaturated/α-hetero) is 1. The van der Waals surface area contributed by atoms with Crippen LogP contribution >= 0.6 is 0 Å². The largest absolute Gasteiger partial charge is 0.508 e. The molecule has 0 aliphatic heterocycles. The summed E-state index contributed by atoms with van der Waals surface area (Å²) in [6.45, 7) is 3.35. The zero-order valence-corrected chi connectivity index (χ0v) is 17.5. The van der Waals surface area contributed by atoms with Gasteiger partial charge < -0.3 is 15.7 Å². The molecule has 0 aliphatic rings. The molecule has 0 saturated carbocycles. The number of hydrogen-bond acceptors (Lipinski definition) is 4. The quantitative estimate of drug-likeness (QED) is 0.570. The standard InChI is InChI=1S/C18H18N2O4.C7H8/c1-12(21)11-19-18(24)16(13-5-3-2-4-6-13)20-17(23)14-7-9-15(22)10-8-14;1-7-5-3-2-4-6-7/h2-10,16,22H,11H2,1H3,(H,19,24)(H,20,23);2-6H,1H3. The van der Waals surface area contributed by atoms with Crippen molar-refractivity contribution in [1.82, 2.24) is 10.6 Å². The highest BCUT2D eigenvalue weighted by atomic mass is 16.3. The first kappa shape index (κ1) is 23.3. The fourth-order valence-electron chi connectivity index (χ4n) is 2.62. The second kappa shape index (κ2) is 11.9. The summed E-state index contributed by atoms with van der Waals surface area (Å²) in [5, 5.41) is 14.4. The van der Waals surface area contributed by atoms with Gasteiger partial charge in [0.15, 0.2) is 0 Å². The first-order valence-electron chi connectivity index (χ1n) is 9.80. The van der Waals surface area contributed by atoms with Crippen LogP contribution in [0, 0.1) is 6.92 Å². The Hall–Kier alpha value is -3.93. The van der Waals surface area contributed by atoms with Crippen LogP contribution in [0.2, 0.25) is 0 Å². The molecule has 31 heavy (non-hydrogen) atoms. The lowest BCUT2D eigenvalue weighted by molar-refractivity contribution is -0.125. The molecule has 6 heteroatoms. The van der Waals surface area contributed by atoms with Gasteiger partial charge in [0.2, 0.25) is 5.91 Å². The number of benzene rings is 3. The number of phenolic OH excluding ortho intramolecular Hbond substituents is 1. The number of carbonyl (C=O) groups excluding carboxylic acids is 3. The molecule has 3 rings (SSSR count). The van der Waals surface area contributed by atoms with E-state index in [0.29, 0.717) is 11.1 Å². The molecule has 3 N–H and O–H groups in total. The molecule has 1 unspecified atom stereocenters. The first-order chi connectivity index (χ1) is 14.9. The van der Waals surface area contributed by atoms with Crippen LogP contribution in [0.5, 0.6) is 5.75 Å². The van der Waals surface area contributed by atoms with Gasteiger partial charge in [0.1, 0.15) is 17.6 Å². The van der Waals surface area contributed by atoms with Gasteiger partial charge >= 0.3 is 0 Å². The van der Waals surface area contributed by atoms with E-state index in [-0.39, 0.29) is 18.1 Å². The summed E-state index contributed by atoms with van der Waals surface area (Å²) in [4.78, 5) is 35.8. The Labute approximate surface area is 181 Å². The molecular formula is C25H26N2O4. The number of nitrogens with one attached hydrogen (secondary N) is 2. The molecular weight excluding hydrogens is 392 g/mol. The van der Waals surface area contributed by atoms with Crippen LogP contribution in [-0.2, 0) is 9.59 Å². The van der Waals surface area contributed by atoms with Crippen molar-refractivity contribution < 1.29 is 19.5 Å². The second-order valence-electron chi connectivity index (χ2n) is 6.94. The summed E-state index contributed by atoms with van der Waals surface area (Å²) in [5.41, 5.74) is 2.24. The molecule has 160 valence electrons. The van der Waals surface area contributed by atoms with E-state index in [1.807, 2.05) is 18.2 Å². The second-order valence-corrected chi connectivity index (χ2v) is 6.94. The Balaban J connectivity index is 0.000000412. The van der Waals surface area contributed by atoms with Crippen molar-refractivity contribution in [2.45, 2.75) is 19.9 Å². The minimum atomic E-state index is -0.924. The molecule has 0 bridgehead atoms. The van der Waals surface area contributed by atoms with Gasteiger partial charge in [-0.25, -0.2) is 0 Å². The topological polar surface area (TPSA) is 95.5 Å². The maximum atomic E-state index is 12.4. The van der Waals surface area contributed by atoms with E-state index >= 15 is 0 Å². The summed E-state index contributed by atoms with van der Waals surface area (Å²) in [7, 11) is 0. The number of carbonyl (C=O) groups is 3. The highest BCUT2D eigenvalue weighted by molar-refractivity contribution is 5.98. The van der Waals surface area contributed by atoms with E-state index in [2.05, 4.69) is 29.7 Å². The van der Waals surface area contributed by atoms with Gasteiger partial charge in [-0.2, -0.15) is 0 Å². The molecule has 0 spiro atoms. The van der Waals surface area contributed by atoms with Crippen LogP contribution in [0.3, 0.4) is 0 Å². The number of aryl methyl sites for hydroxylation is 1. The average molecular weight is 418 g/mol. The van der Waals surface area contributed by atoms with Crippen molar-refractivity contribution in [3.8, 4) is 5.75 Å². The number of hydrogen-bond donors (Lipinski definition) is 3. The third kappa shape index (κ3) is 8.14. The van der Waals surface area contributed by atoms with E-state index < -0.39 is 17.9 Å². The summed E-state index contributed by atoms with van der Waals surface area (Å²) in [6.07, 6.45) is 0. The Morgan fingerprint density at radius 1 is 0.839 bits per heavy atom. The average Bonchev–Trinajstić information content (AvgIpc) is 2.77. The van der Waals surface area contributed by atoms with Crippen LogP contribution < -0.4 is 10.6 Å². The Morgan fingerprint density at radius 2 is 1.39 bits per heavy atom. The summed E-state index contributed by atoms with van der Waals surface area (Å²) in [6, 6.07) is 23.8. The van der Waals surface area contributed by atoms with Crippen molar-refractivity contribution in [1.29, 1.82) is 0 Å². The van der Waals surface area contributed by atoms with Crippen LogP contribution in [0.15, 0.2) is 84.9 Å². The number of phenols is 1. The molecule has 0 saturated heterocycles. The lowest BCUT2D eigenvalue weighted by atomic mass is 10.1. The number of rotatable bonds is 6. The normalized spacial score (nSPS) is 10.8. The van der Waals surface area contributed by atoms with E-state index in [9.17, 15) is 19.5 Å². The molecule has 0 heterocycles. The van der Waals surface area contributed by atoms with Crippen molar-refractivity contribution in [2.75, 3.05) is 6.54 Å². The van der Waals surface area contributed by atoms with Crippen LogP contribution in [-0.4, -0.2) is 29.2 Å². The maximum absolute atomic E-state index is 12.4. The van der Waals surface area contributed by atoms with Crippen LogP contribution in [0.25, 0.3) is 0 Å². The molecule has 0 aliphatic carbocycles. The monoisotopic (exact) mass is 418 g/mol. The Bertz CT molecular complexity index is 987. The predicted molar refractivity (Wildman–Crippen MR) is 120 cm³/mol. The lowest BCUT2D eigenvalue weighted by Gasteiger charge is -2.18. The fraction of sp³-hybridized carbons (Fsp3) is 0.160. The smallest absolute Gasteiger partial charge is 0.252 e. The van der Waals surface area contributed by atoms with Crippen LogP contribution in [0.1, 0.15) is 34.5 Å². The molecule has 0 aromatic heterocycles. The maximum Gasteiger partial charge on any atom is 0.252 e. The van der Waals surface area contributed by atoms with Gasteiger partial charge in [0.25, 0.3) is 5.91 Å². The third-order valence-electron chi connectivity index (χ3n) is 4.25. The Kier molecular flexibility index (Phi) is 8.98. The van der Waals surface area contributed by atoms with E-state index in [0.717, 1.165) is 0 Å². The van der Waals surface area contributed by atoms with E-state index in [1.54, 1.807) is 30.3 Å².